The number of aromatic nitrogens is 1. The van der Waals surface area contributed by atoms with Crippen molar-refractivity contribution in [2.45, 2.75) is 6.92 Å². The van der Waals surface area contributed by atoms with Crippen LogP contribution in [0.3, 0.4) is 0 Å². The molecule has 8 heteroatoms. The average Bonchev–Trinajstić information content (AvgIpc) is 3.14. The van der Waals surface area contributed by atoms with Crippen molar-refractivity contribution in [3.63, 3.8) is 0 Å². The third-order valence-corrected chi connectivity index (χ3v) is 5.14. The van der Waals surface area contributed by atoms with Crippen LogP contribution >= 0.6 is 27.3 Å². The Hall–Kier alpha value is -3.02. The molecule has 2 aromatic carbocycles. The lowest BCUT2D eigenvalue weighted by Crippen LogP contribution is -1.93. The van der Waals surface area contributed by atoms with Crippen LogP contribution in [-0.2, 0) is 0 Å². The fraction of sp³-hybridized carbons (Fsp3) is 0.0526. The molecule has 3 aromatic rings. The van der Waals surface area contributed by atoms with Gasteiger partial charge in [0.15, 0.2) is 0 Å². The molecule has 0 aliphatic heterocycles. The highest BCUT2D eigenvalue weighted by Gasteiger charge is 2.12. The van der Waals surface area contributed by atoms with E-state index in [1.54, 1.807) is 23.7 Å². The Morgan fingerprint density at radius 1 is 1.37 bits per heavy atom. The number of halogens is 1. The lowest BCUT2D eigenvalue weighted by Gasteiger charge is -2.06. The number of non-ortho nitro benzene ring substituents is 1. The molecule has 0 fully saturated rings. The number of hydrogen-bond acceptors (Lipinski definition) is 6. The van der Waals surface area contributed by atoms with Gasteiger partial charge >= 0.3 is 0 Å². The molecule has 0 aliphatic rings. The Morgan fingerprint density at radius 2 is 2.19 bits per heavy atom. The second-order valence-electron chi connectivity index (χ2n) is 5.62. The van der Waals surface area contributed by atoms with Crippen molar-refractivity contribution in [1.82, 2.24) is 4.98 Å². The van der Waals surface area contributed by atoms with Crippen molar-refractivity contribution in [1.29, 1.82) is 5.26 Å². The van der Waals surface area contributed by atoms with Gasteiger partial charge in [0.25, 0.3) is 5.69 Å². The van der Waals surface area contributed by atoms with Gasteiger partial charge in [-0.1, -0.05) is 28.1 Å². The number of nitriles is 1. The monoisotopic (exact) mass is 440 g/mol. The maximum absolute atomic E-state index is 10.9. The topological polar surface area (TPSA) is 91.8 Å². The molecule has 6 nitrogen and oxygen atoms in total. The largest absolute Gasteiger partial charge is 0.360 e. The van der Waals surface area contributed by atoms with Gasteiger partial charge in [0, 0.05) is 39.4 Å². The maximum Gasteiger partial charge on any atom is 0.270 e. The summed E-state index contributed by atoms with van der Waals surface area (Å²) in [6, 6.07) is 14.2. The minimum atomic E-state index is -0.443. The number of nitrogens with one attached hydrogen (secondary N) is 1. The molecule has 0 amide bonds. The first-order chi connectivity index (χ1) is 13.0. The number of anilines is 1. The number of aryl methyl sites for hydroxylation is 1. The molecular formula is C19H13BrN4O2S. The van der Waals surface area contributed by atoms with E-state index in [0.29, 0.717) is 21.8 Å². The highest BCUT2D eigenvalue weighted by molar-refractivity contribution is 9.10. The van der Waals surface area contributed by atoms with E-state index < -0.39 is 4.92 Å². The van der Waals surface area contributed by atoms with E-state index in [0.717, 1.165) is 15.7 Å². The molecule has 0 spiro atoms. The first kappa shape index (κ1) is 18.8. The van der Waals surface area contributed by atoms with Crippen molar-refractivity contribution in [3.8, 4) is 17.3 Å². The van der Waals surface area contributed by atoms with E-state index in [4.69, 9.17) is 0 Å². The highest BCUT2D eigenvalue weighted by atomic mass is 79.9. The Balaban J connectivity index is 1.86. The Labute approximate surface area is 168 Å². The number of nitrogens with zero attached hydrogens (tertiary/aromatic N) is 3. The molecule has 0 bridgehead atoms. The van der Waals surface area contributed by atoms with Crippen LogP contribution in [0.1, 0.15) is 10.6 Å². The third kappa shape index (κ3) is 4.39. The second-order valence-corrected chi connectivity index (χ2v) is 7.39. The lowest BCUT2D eigenvalue weighted by molar-refractivity contribution is -0.384. The summed E-state index contributed by atoms with van der Waals surface area (Å²) < 4.78 is 0.983. The number of allylic oxidation sites excluding steroid dienone is 1. The molecule has 0 aliphatic carbocycles. The third-order valence-electron chi connectivity index (χ3n) is 3.77. The quantitative estimate of drug-likeness (QED) is 0.309. The zero-order chi connectivity index (χ0) is 19.4. The average molecular weight is 441 g/mol. The molecule has 0 unspecified atom stereocenters. The van der Waals surface area contributed by atoms with Gasteiger partial charge in [-0.3, -0.25) is 10.1 Å². The molecule has 1 N–H and O–H groups in total. The number of nitro groups is 1. The Bertz CT molecular complexity index is 1090. The van der Waals surface area contributed by atoms with Gasteiger partial charge in [0.2, 0.25) is 0 Å². The molecule has 1 heterocycles. The summed E-state index contributed by atoms with van der Waals surface area (Å²) in [7, 11) is 0. The van der Waals surface area contributed by atoms with Crippen LogP contribution in [0, 0.1) is 28.4 Å². The fourth-order valence-corrected chi connectivity index (χ4v) is 3.66. The van der Waals surface area contributed by atoms with E-state index in [1.807, 2.05) is 25.1 Å². The standard InChI is InChI=1S/C19H13BrN4O2S/c1-12-7-15(20)5-6-17(12)22-10-14(9-21)19-23-18(11-27-19)13-3-2-4-16(8-13)24(25)26/h2-8,10-11,22H,1H3. The van der Waals surface area contributed by atoms with Crippen molar-refractivity contribution < 1.29 is 4.92 Å². The number of rotatable bonds is 5. The molecule has 3 rings (SSSR count). The summed E-state index contributed by atoms with van der Waals surface area (Å²) in [4.78, 5) is 15.0. The molecule has 0 radical (unpaired) electrons. The normalized spacial score (nSPS) is 11.1. The van der Waals surface area contributed by atoms with Crippen molar-refractivity contribution in [2.75, 3.05) is 5.32 Å². The van der Waals surface area contributed by atoms with Crippen LogP contribution < -0.4 is 5.32 Å². The molecule has 0 saturated carbocycles. The molecule has 27 heavy (non-hydrogen) atoms. The first-order valence-corrected chi connectivity index (χ1v) is 9.49. The number of benzene rings is 2. The van der Waals surface area contributed by atoms with E-state index in [-0.39, 0.29) is 5.69 Å². The lowest BCUT2D eigenvalue weighted by atomic mass is 10.1. The van der Waals surface area contributed by atoms with E-state index in [1.165, 1.54) is 23.5 Å². The summed E-state index contributed by atoms with van der Waals surface area (Å²) in [5.41, 5.74) is 3.56. The molecule has 0 saturated heterocycles. The van der Waals surface area contributed by atoms with Crippen LogP contribution in [0.25, 0.3) is 16.8 Å². The molecule has 134 valence electrons. The van der Waals surface area contributed by atoms with Gasteiger partial charge in [-0.15, -0.1) is 11.3 Å². The Kier molecular flexibility index (Phi) is 5.64. The fourth-order valence-electron chi connectivity index (χ4n) is 2.39. The van der Waals surface area contributed by atoms with E-state index >= 15 is 0 Å². The van der Waals surface area contributed by atoms with Gasteiger partial charge in [0.05, 0.1) is 10.6 Å². The summed E-state index contributed by atoms with van der Waals surface area (Å²) >= 11 is 4.73. The summed E-state index contributed by atoms with van der Waals surface area (Å²) in [6.07, 6.45) is 1.62. The molecule has 0 atom stereocenters. The summed E-state index contributed by atoms with van der Waals surface area (Å²) in [6.45, 7) is 1.97. The van der Waals surface area contributed by atoms with Gasteiger partial charge in [-0.05, 0) is 30.7 Å². The predicted molar refractivity (Wildman–Crippen MR) is 110 cm³/mol. The molecular weight excluding hydrogens is 428 g/mol. The van der Waals surface area contributed by atoms with Crippen molar-refractivity contribution in [2.24, 2.45) is 0 Å². The summed E-state index contributed by atoms with van der Waals surface area (Å²) in [5.74, 6) is 0. The zero-order valence-electron chi connectivity index (χ0n) is 14.1. The van der Waals surface area contributed by atoms with Crippen LogP contribution in [0.4, 0.5) is 11.4 Å². The van der Waals surface area contributed by atoms with Gasteiger partial charge in [-0.2, -0.15) is 5.26 Å². The zero-order valence-corrected chi connectivity index (χ0v) is 16.5. The predicted octanol–water partition coefficient (Wildman–Crippen LogP) is 5.77. The minimum Gasteiger partial charge on any atom is -0.360 e. The highest BCUT2D eigenvalue weighted by Crippen LogP contribution is 2.28. The van der Waals surface area contributed by atoms with Crippen LogP contribution in [0.5, 0.6) is 0 Å². The van der Waals surface area contributed by atoms with E-state index in [2.05, 4.69) is 32.3 Å². The number of thiazole rings is 1. The van der Waals surface area contributed by atoms with E-state index in [9.17, 15) is 15.4 Å². The Morgan fingerprint density at radius 3 is 2.89 bits per heavy atom. The van der Waals surface area contributed by atoms with Gasteiger partial charge in [-0.25, -0.2) is 4.98 Å². The van der Waals surface area contributed by atoms with Crippen LogP contribution in [0.2, 0.25) is 0 Å². The van der Waals surface area contributed by atoms with Crippen molar-refractivity contribution >= 4 is 44.2 Å². The number of hydrogen-bond donors (Lipinski definition) is 1. The minimum absolute atomic E-state index is 0.00507. The number of nitro benzene ring substituents is 1. The molecule has 1 aromatic heterocycles. The second kappa shape index (κ2) is 8.12. The van der Waals surface area contributed by atoms with Crippen molar-refractivity contribution in [3.05, 3.63) is 79.2 Å². The van der Waals surface area contributed by atoms with Crippen LogP contribution in [0.15, 0.2) is 58.5 Å². The van der Waals surface area contributed by atoms with Crippen LogP contribution in [-0.4, -0.2) is 9.91 Å². The smallest absolute Gasteiger partial charge is 0.270 e. The van der Waals surface area contributed by atoms with Gasteiger partial charge in [0.1, 0.15) is 16.6 Å². The summed E-state index contributed by atoms with van der Waals surface area (Å²) in [5, 5.41) is 25.9. The maximum atomic E-state index is 10.9. The SMILES string of the molecule is Cc1cc(Br)ccc1NC=C(C#N)c1nc(-c2cccc([N+](=O)[O-])c2)cs1. The van der Waals surface area contributed by atoms with Gasteiger partial charge < -0.3 is 5.32 Å². The first-order valence-electron chi connectivity index (χ1n) is 7.81.